The molecule has 1 N–H and O–H groups in total. The molecule has 0 fully saturated rings. The molecule has 0 saturated carbocycles. The molecule has 1 heterocycles. The van der Waals surface area contributed by atoms with Crippen molar-refractivity contribution in [1.29, 1.82) is 0 Å². The summed E-state index contributed by atoms with van der Waals surface area (Å²) in [6, 6.07) is 11.6. The van der Waals surface area contributed by atoms with E-state index in [9.17, 15) is 4.79 Å². The Kier molecular flexibility index (Phi) is 5.22. The molecule has 20 heavy (non-hydrogen) atoms. The van der Waals surface area contributed by atoms with Crippen LogP contribution in [-0.2, 0) is 11.3 Å². The number of carbonyl (C=O) groups excluding carboxylic acids is 1. The smallest absolute Gasteiger partial charge is 0.408 e. The van der Waals surface area contributed by atoms with E-state index in [1.165, 1.54) is 0 Å². The normalized spacial score (nSPS) is 9.45. The minimum Gasteiger partial charge on any atom is -0.445 e. The first kappa shape index (κ1) is 14.2. The van der Waals surface area contributed by atoms with Gasteiger partial charge in [0, 0.05) is 0 Å². The average molecular weight is 285 g/mol. The minimum atomic E-state index is -0.453. The van der Waals surface area contributed by atoms with Gasteiger partial charge in [-0.15, -0.1) is 11.3 Å². The maximum atomic E-state index is 11.4. The van der Waals surface area contributed by atoms with Gasteiger partial charge in [0.05, 0.1) is 11.4 Å². The summed E-state index contributed by atoms with van der Waals surface area (Å²) >= 11 is 1.60. The molecule has 2 rings (SSSR count). The van der Waals surface area contributed by atoms with Crippen molar-refractivity contribution >= 4 is 17.4 Å². The number of amides is 1. The lowest BCUT2D eigenvalue weighted by atomic mass is 10.2. The van der Waals surface area contributed by atoms with Gasteiger partial charge in [0.25, 0.3) is 0 Å². The maximum absolute atomic E-state index is 11.4. The number of benzene rings is 1. The lowest BCUT2D eigenvalue weighted by molar-refractivity contribution is 0.141. The fourth-order valence-electron chi connectivity index (χ4n) is 1.52. The zero-order valence-electron chi connectivity index (χ0n) is 11.2. The van der Waals surface area contributed by atoms with E-state index in [0.717, 1.165) is 16.0 Å². The predicted octanol–water partition coefficient (Wildman–Crippen LogP) is 3.33. The van der Waals surface area contributed by atoms with Crippen molar-refractivity contribution in [3.63, 3.8) is 0 Å². The van der Waals surface area contributed by atoms with E-state index in [0.29, 0.717) is 0 Å². The molecule has 0 aliphatic rings. The predicted molar refractivity (Wildman–Crippen MR) is 80.6 cm³/mol. The maximum Gasteiger partial charge on any atom is 0.408 e. The number of aryl methyl sites for hydroxylation is 1. The third-order valence-corrected chi connectivity index (χ3v) is 3.53. The Bertz CT molecular complexity index is 623. The molecule has 0 aliphatic carbocycles. The van der Waals surface area contributed by atoms with Crippen molar-refractivity contribution in [2.45, 2.75) is 13.5 Å². The summed E-state index contributed by atoms with van der Waals surface area (Å²) in [5.74, 6) is 5.93. The Labute approximate surface area is 122 Å². The molecule has 3 nitrogen and oxygen atoms in total. The van der Waals surface area contributed by atoms with Gasteiger partial charge in [-0.2, -0.15) is 0 Å². The number of ether oxygens (including phenoxy) is 1. The first-order chi connectivity index (χ1) is 9.75. The highest BCUT2D eigenvalue weighted by Gasteiger charge is 2.00. The van der Waals surface area contributed by atoms with Crippen molar-refractivity contribution in [3.8, 4) is 11.8 Å². The van der Waals surface area contributed by atoms with E-state index in [1.807, 2.05) is 48.7 Å². The molecule has 0 bridgehead atoms. The van der Waals surface area contributed by atoms with Crippen molar-refractivity contribution in [2.24, 2.45) is 0 Å². The highest BCUT2D eigenvalue weighted by Crippen LogP contribution is 2.13. The average Bonchev–Trinajstić information content (AvgIpc) is 2.88. The molecule has 1 amide bonds. The van der Waals surface area contributed by atoms with Gasteiger partial charge in [-0.25, -0.2) is 4.79 Å². The lowest BCUT2D eigenvalue weighted by Crippen LogP contribution is -2.24. The van der Waals surface area contributed by atoms with Crippen LogP contribution in [0.15, 0.2) is 41.8 Å². The van der Waals surface area contributed by atoms with Crippen molar-refractivity contribution in [1.82, 2.24) is 5.32 Å². The standard InChI is InChI=1S/C16H15NO2S/c1-13-9-11-20-15(13)8-5-10-17-16(18)19-12-14-6-3-2-4-7-14/h2-4,6-7,9,11H,10,12H2,1H3,(H,17,18). The summed E-state index contributed by atoms with van der Waals surface area (Å²) in [7, 11) is 0. The molecule has 0 unspecified atom stereocenters. The SMILES string of the molecule is Cc1ccsc1C#CCNC(=O)OCc1ccccc1. The Balaban J connectivity index is 1.71. The van der Waals surface area contributed by atoms with Crippen LogP contribution < -0.4 is 5.32 Å². The fraction of sp³-hybridized carbons (Fsp3) is 0.188. The third kappa shape index (κ3) is 4.45. The topological polar surface area (TPSA) is 38.3 Å². The Morgan fingerprint density at radius 3 is 2.80 bits per heavy atom. The molecule has 102 valence electrons. The molecule has 2 aromatic rings. The van der Waals surface area contributed by atoms with Crippen molar-refractivity contribution < 1.29 is 9.53 Å². The third-order valence-electron chi connectivity index (χ3n) is 2.60. The van der Waals surface area contributed by atoms with Gasteiger partial charge in [0.2, 0.25) is 0 Å². The van der Waals surface area contributed by atoms with Crippen LogP contribution in [0.1, 0.15) is 16.0 Å². The van der Waals surface area contributed by atoms with Crippen molar-refractivity contribution in [3.05, 3.63) is 57.8 Å². The molecule has 4 heteroatoms. The zero-order chi connectivity index (χ0) is 14.2. The molecular weight excluding hydrogens is 270 g/mol. The van der Waals surface area contributed by atoms with Gasteiger partial charge in [-0.05, 0) is 29.5 Å². The van der Waals surface area contributed by atoms with E-state index in [1.54, 1.807) is 11.3 Å². The van der Waals surface area contributed by atoms with Crippen LogP contribution in [0.25, 0.3) is 0 Å². The second kappa shape index (κ2) is 7.37. The van der Waals surface area contributed by atoms with E-state index >= 15 is 0 Å². The van der Waals surface area contributed by atoms with Crippen LogP contribution in [0.4, 0.5) is 4.79 Å². The first-order valence-electron chi connectivity index (χ1n) is 6.23. The second-order valence-electron chi connectivity index (χ2n) is 4.15. The van der Waals surface area contributed by atoms with Gasteiger partial charge < -0.3 is 10.1 Å². The lowest BCUT2D eigenvalue weighted by Gasteiger charge is -2.04. The summed E-state index contributed by atoms with van der Waals surface area (Å²) in [6.07, 6.45) is -0.453. The van der Waals surface area contributed by atoms with Gasteiger partial charge in [0.15, 0.2) is 0 Å². The van der Waals surface area contributed by atoms with Crippen LogP contribution >= 0.6 is 11.3 Å². The fourth-order valence-corrected chi connectivity index (χ4v) is 2.31. The summed E-state index contributed by atoms with van der Waals surface area (Å²) < 4.78 is 5.07. The van der Waals surface area contributed by atoms with Gasteiger partial charge in [0.1, 0.15) is 6.61 Å². The Morgan fingerprint density at radius 2 is 2.10 bits per heavy atom. The molecule has 0 radical (unpaired) electrons. The summed E-state index contributed by atoms with van der Waals surface area (Å²) in [4.78, 5) is 12.5. The number of hydrogen-bond acceptors (Lipinski definition) is 3. The van der Waals surface area contributed by atoms with Crippen LogP contribution in [0.2, 0.25) is 0 Å². The molecule has 1 aromatic heterocycles. The number of thiophene rings is 1. The molecule has 0 aliphatic heterocycles. The number of carbonyl (C=O) groups is 1. The van der Waals surface area contributed by atoms with Crippen LogP contribution in [0.5, 0.6) is 0 Å². The Hall–Kier alpha value is -2.25. The summed E-state index contributed by atoms with van der Waals surface area (Å²) in [5, 5.41) is 4.61. The minimum absolute atomic E-state index is 0.268. The molecule has 0 atom stereocenters. The van der Waals surface area contributed by atoms with Crippen molar-refractivity contribution in [2.75, 3.05) is 6.54 Å². The van der Waals surface area contributed by atoms with Crippen LogP contribution in [0.3, 0.4) is 0 Å². The summed E-state index contributed by atoms with van der Waals surface area (Å²) in [5.41, 5.74) is 2.12. The number of hydrogen-bond donors (Lipinski definition) is 1. The second-order valence-corrected chi connectivity index (χ2v) is 5.07. The van der Waals surface area contributed by atoms with E-state index in [2.05, 4.69) is 17.2 Å². The quantitative estimate of drug-likeness (QED) is 0.878. The van der Waals surface area contributed by atoms with E-state index < -0.39 is 6.09 Å². The number of rotatable bonds is 3. The molecule has 0 saturated heterocycles. The molecule has 0 spiro atoms. The van der Waals surface area contributed by atoms with Gasteiger partial charge >= 0.3 is 6.09 Å². The van der Waals surface area contributed by atoms with Gasteiger partial charge in [-0.1, -0.05) is 42.2 Å². The largest absolute Gasteiger partial charge is 0.445 e. The highest BCUT2D eigenvalue weighted by molar-refractivity contribution is 7.10. The highest BCUT2D eigenvalue weighted by atomic mass is 32.1. The summed E-state index contributed by atoms with van der Waals surface area (Å²) in [6.45, 7) is 2.57. The molecular formula is C16H15NO2S. The van der Waals surface area contributed by atoms with Crippen LogP contribution in [-0.4, -0.2) is 12.6 Å². The van der Waals surface area contributed by atoms with E-state index in [-0.39, 0.29) is 13.2 Å². The zero-order valence-corrected chi connectivity index (χ0v) is 12.0. The monoisotopic (exact) mass is 285 g/mol. The number of alkyl carbamates (subject to hydrolysis) is 1. The van der Waals surface area contributed by atoms with Gasteiger partial charge in [-0.3, -0.25) is 0 Å². The van der Waals surface area contributed by atoms with Crippen LogP contribution in [0, 0.1) is 18.8 Å². The molecule has 1 aromatic carbocycles. The number of nitrogens with one attached hydrogen (secondary N) is 1. The Morgan fingerprint density at radius 1 is 1.30 bits per heavy atom. The first-order valence-corrected chi connectivity index (χ1v) is 7.11. The van der Waals surface area contributed by atoms with E-state index in [4.69, 9.17) is 4.74 Å².